The monoisotopic (exact) mass is 1000 g/mol. The molecule has 5 N–H and O–H groups in total. The Bertz CT molecular complexity index is 1990. The summed E-state index contributed by atoms with van der Waals surface area (Å²) < 4.78 is 46.3. The van der Waals surface area contributed by atoms with Gasteiger partial charge in [0.05, 0.1) is 65.7 Å². The lowest BCUT2D eigenvalue weighted by molar-refractivity contribution is -0.319. The quantitative estimate of drug-likeness (QED) is 0.111. The third-order valence-electron chi connectivity index (χ3n) is 15.7. The van der Waals surface area contributed by atoms with Crippen LogP contribution in [-0.4, -0.2) is 177 Å². The Kier molecular flexibility index (Phi) is 20.7. The van der Waals surface area contributed by atoms with Crippen molar-refractivity contribution in [1.29, 1.82) is 0 Å². The number of cyclic esters (lactones) is 1. The van der Waals surface area contributed by atoms with E-state index in [0.29, 0.717) is 19.5 Å². The Morgan fingerprint density at radius 1 is 0.915 bits per heavy atom. The van der Waals surface area contributed by atoms with Crippen molar-refractivity contribution >= 4 is 17.7 Å². The molecule has 402 valence electrons. The second-order valence-corrected chi connectivity index (χ2v) is 21.2. The van der Waals surface area contributed by atoms with Crippen molar-refractivity contribution in [2.24, 2.45) is 23.7 Å². The zero-order valence-electron chi connectivity index (χ0n) is 44.4. The summed E-state index contributed by atoms with van der Waals surface area (Å²) in [5.74, 6) is -4.89. The van der Waals surface area contributed by atoms with Gasteiger partial charge in [-0.05, 0) is 105 Å². The largest absolute Gasteiger partial charge is 0.459 e. The van der Waals surface area contributed by atoms with Gasteiger partial charge < -0.3 is 63.8 Å². The molecule has 3 aliphatic rings. The van der Waals surface area contributed by atoms with Crippen LogP contribution in [0.15, 0.2) is 36.7 Å². The van der Waals surface area contributed by atoms with Gasteiger partial charge in [0.25, 0.3) is 0 Å². The first-order chi connectivity index (χ1) is 33.4. The highest BCUT2D eigenvalue weighted by Crippen LogP contribution is 2.42. The number of Topliss-reactive ketones (excluding diaryl/α,β-unsaturated/α-hetero) is 1. The minimum Gasteiger partial charge on any atom is -0.459 e. The molecule has 0 unspecified atom stereocenters. The molecule has 1 aromatic carbocycles. The maximum absolute atomic E-state index is 14.4. The van der Waals surface area contributed by atoms with Crippen LogP contribution in [0, 0.1) is 23.7 Å². The average molecular weight is 1000 g/mol. The number of aryl methyl sites for hydroxylation is 1. The molecule has 71 heavy (non-hydrogen) atoms. The second kappa shape index (κ2) is 25.2. The minimum absolute atomic E-state index is 0.0545. The number of benzene rings is 1. The van der Waals surface area contributed by atoms with Crippen LogP contribution in [0.2, 0.25) is 0 Å². The van der Waals surface area contributed by atoms with Crippen molar-refractivity contribution in [2.45, 2.75) is 205 Å². The van der Waals surface area contributed by atoms with Crippen molar-refractivity contribution in [1.82, 2.24) is 25.2 Å². The summed E-state index contributed by atoms with van der Waals surface area (Å²) in [5.41, 5.74) is -2.29. The summed E-state index contributed by atoms with van der Waals surface area (Å²) in [4.78, 5) is 43.7. The number of esters is 1. The van der Waals surface area contributed by atoms with Gasteiger partial charge in [-0.1, -0.05) is 45.0 Å². The molecule has 18 atom stereocenters. The predicted molar refractivity (Wildman–Crippen MR) is 262 cm³/mol. The van der Waals surface area contributed by atoms with Gasteiger partial charge in [-0.15, -0.1) is 5.10 Å². The van der Waals surface area contributed by atoms with Crippen LogP contribution in [0.25, 0.3) is 5.69 Å². The molecule has 0 spiro atoms. The van der Waals surface area contributed by atoms with Crippen LogP contribution >= 0.6 is 0 Å². The third-order valence-corrected chi connectivity index (χ3v) is 15.7. The summed E-state index contributed by atoms with van der Waals surface area (Å²) in [5, 5.41) is 57.6. The topological polar surface area (TPSA) is 243 Å². The van der Waals surface area contributed by atoms with Crippen LogP contribution in [-0.2, 0) is 54.0 Å². The number of hydrogen-bond donors (Lipinski definition) is 5. The molecule has 2 aromatic rings. The lowest BCUT2D eigenvalue weighted by Gasteiger charge is -2.50. The molecule has 19 nitrogen and oxygen atoms in total. The zero-order valence-corrected chi connectivity index (χ0v) is 44.4. The molecule has 4 heterocycles. The van der Waals surface area contributed by atoms with Gasteiger partial charge in [-0.2, -0.15) is 0 Å². The fraction of sp³-hybridized carbons (Fsp3) is 0.788. The number of nitrogens with one attached hydrogen (secondary N) is 1. The lowest BCUT2D eigenvalue weighted by Crippen LogP contribution is -2.61. The van der Waals surface area contributed by atoms with Gasteiger partial charge in [0, 0.05) is 63.9 Å². The molecule has 19 heteroatoms. The van der Waals surface area contributed by atoms with Crippen LogP contribution < -0.4 is 5.32 Å². The van der Waals surface area contributed by atoms with Crippen molar-refractivity contribution in [3.63, 3.8) is 0 Å². The van der Waals surface area contributed by atoms with E-state index in [1.54, 1.807) is 65.5 Å². The van der Waals surface area contributed by atoms with E-state index in [1.165, 1.54) is 26.7 Å². The second-order valence-electron chi connectivity index (χ2n) is 21.2. The van der Waals surface area contributed by atoms with E-state index >= 15 is 0 Å². The Hall–Kier alpha value is -3.47. The summed E-state index contributed by atoms with van der Waals surface area (Å²) in [6, 6.07) is 7.66. The summed E-state index contributed by atoms with van der Waals surface area (Å²) in [6.07, 6.45) is -3.60. The van der Waals surface area contributed by atoms with Gasteiger partial charge in [-0.25, -0.2) is 4.68 Å². The molecule has 0 bridgehead atoms. The summed E-state index contributed by atoms with van der Waals surface area (Å²) in [7, 11) is 4.84. The van der Waals surface area contributed by atoms with Gasteiger partial charge in [-0.3, -0.25) is 14.4 Å². The van der Waals surface area contributed by atoms with E-state index in [0.717, 1.165) is 24.9 Å². The number of aromatic nitrogens is 3. The molecule has 0 radical (unpaired) electrons. The molecular weight excluding hydrogens is 919 g/mol. The molecule has 0 aliphatic carbocycles. The number of methoxy groups -OCH3 is 2. The van der Waals surface area contributed by atoms with E-state index in [2.05, 4.69) is 27.8 Å². The van der Waals surface area contributed by atoms with Crippen molar-refractivity contribution < 1.29 is 68.0 Å². The fourth-order valence-corrected chi connectivity index (χ4v) is 10.9. The number of amides is 1. The number of carbonyl (C=O) groups excluding carboxylic acids is 3. The standard InChI is InChI=1S/C52H85N5O14/c1-14-39-52(10,64)45(61)32(4)42(59)30(2)28-51(9,66-13)47(33(5)44(34(6)48(63)69-39)70-41-29-50(8,65-12)46(62)35(7)68-41)71-49-43(60)38(27-31(3)67-49)56(11)25-22-40(58)53-23-16-15-17-36-18-20-37(21-19-36)57-26-24-54-55-57/h18-21,24,26,30-35,38-39,41,43-47,49,60-62,64H,14-17,22-23,25,27-29H2,1-13H3,(H,53,58)/t30-,31-,32+,33+,34-,35+,38+,39-,41+,43-,44+,45-,46+,47-,49-,50-,51-,52-/m1/s1. The highest BCUT2D eigenvalue weighted by atomic mass is 16.7. The number of likely N-dealkylation sites (N-methyl/N-ethyl adjacent to an activating group) is 1. The van der Waals surface area contributed by atoms with Crippen LogP contribution in [0.5, 0.6) is 0 Å². The smallest absolute Gasteiger partial charge is 0.311 e. The van der Waals surface area contributed by atoms with Crippen molar-refractivity contribution in [3.05, 3.63) is 42.2 Å². The lowest BCUT2D eigenvalue weighted by atomic mass is 9.74. The number of rotatable bonds is 17. The maximum Gasteiger partial charge on any atom is 0.311 e. The van der Waals surface area contributed by atoms with Gasteiger partial charge in [0.15, 0.2) is 12.6 Å². The zero-order chi connectivity index (χ0) is 52.6. The number of ether oxygens (including phenoxy) is 7. The number of aliphatic hydroxyl groups is 4. The number of ketones is 1. The molecule has 3 fully saturated rings. The Morgan fingerprint density at radius 3 is 2.21 bits per heavy atom. The minimum atomic E-state index is -2.01. The highest BCUT2D eigenvalue weighted by molar-refractivity contribution is 5.83. The molecule has 1 aromatic heterocycles. The Labute approximate surface area is 420 Å². The predicted octanol–water partition coefficient (Wildman–Crippen LogP) is 3.92. The molecule has 5 rings (SSSR count). The van der Waals surface area contributed by atoms with E-state index in [1.807, 2.05) is 37.9 Å². The first-order valence-corrected chi connectivity index (χ1v) is 25.6. The summed E-state index contributed by atoms with van der Waals surface area (Å²) >= 11 is 0. The molecule has 1 amide bonds. The SMILES string of the molecule is CC[C@H]1OC(=O)[C@H](C)[C@@H](O[C@H]2C[C@@](C)(OC)[C@@H](O)[C@H](C)O2)[C@H](C)[C@@H](O[C@H]2O[C@H](C)C[C@H](N(C)CCC(=O)NCCCCc3ccc(-n4ccnn4)cc3)[C@H]2O)[C@](C)(OC)C[C@@H](C)C(=O)[C@H](C)[C@@H](O)[C@]1(C)O. The molecular formula is C52H85N5O14. The Balaban J connectivity index is 1.35. The van der Waals surface area contributed by atoms with Crippen molar-refractivity contribution in [2.75, 3.05) is 34.4 Å². The van der Waals surface area contributed by atoms with Crippen molar-refractivity contribution in [3.8, 4) is 5.69 Å². The maximum atomic E-state index is 14.4. The normalized spacial score (nSPS) is 38.9. The van der Waals surface area contributed by atoms with E-state index in [4.69, 9.17) is 33.2 Å². The molecule has 3 aliphatic heterocycles. The van der Waals surface area contributed by atoms with Gasteiger partial charge in [0.1, 0.15) is 29.7 Å². The fourth-order valence-electron chi connectivity index (χ4n) is 10.9. The van der Waals surface area contributed by atoms with Crippen LogP contribution in [0.1, 0.15) is 120 Å². The number of aliphatic hydroxyl groups excluding tert-OH is 3. The highest BCUT2D eigenvalue weighted by Gasteiger charge is 2.54. The number of nitrogens with zero attached hydrogens (tertiary/aromatic N) is 4. The molecule has 0 saturated carbocycles. The first-order valence-electron chi connectivity index (χ1n) is 25.6. The first kappa shape index (κ1) is 58.4. The number of hydrogen-bond acceptors (Lipinski definition) is 17. The summed E-state index contributed by atoms with van der Waals surface area (Å²) in [6.45, 7) is 17.8. The molecule has 3 saturated heterocycles. The van der Waals surface area contributed by atoms with Crippen LogP contribution in [0.4, 0.5) is 0 Å². The van der Waals surface area contributed by atoms with Gasteiger partial charge >= 0.3 is 5.97 Å². The average Bonchev–Trinajstić information content (AvgIpc) is 3.89. The Morgan fingerprint density at radius 2 is 1.59 bits per heavy atom. The van der Waals surface area contributed by atoms with E-state index in [-0.39, 0.29) is 37.4 Å². The van der Waals surface area contributed by atoms with Gasteiger partial charge in [0.2, 0.25) is 5.91 Å². The van der Waals surface area contributed by atoms with Crippen LogP contribution in [0.3, 0.4) is 0 Å². The van der Waals surface area contributed by atoms with E-state index in [9.17, 15) is 34.8 Å². The number of carbonyl (C=O) groups is 3. The van der Waals surface area contributed by atoms with E-state index < -0.39 is 114 Å². The number of unbranched alkanes of at least 4 members (excludes halogenated alkanes) is 1. The third kappa shape index (κ3) is 14.0.